The molecule has 1 aromatic carbocycles. The van der Waals surface area contributed by atoms with Crippen LogP contribution in [0.15, 0.2) is 23.1 Å². The fourth-order valence-corrected chi connectivity index (χ4v) is 2.96. The molecule has 1 unspecified atom stereocenters. The summed E-state index contributed by atoms with van der Waals surface area (Å²) < 4.78 is 39.8. The second-order valence-corrected chi connectivity index (χ2v) is 5.93. The van der Waals surface area contributed by atoms with Crippen LogP contribution in [0.5, 0.6) is 0 Å². The quantitative estimate of drug-likeness (QED) is 0.579. The van der Waals surface area contributed by atoms with Gasteiger partial charge in [-0.25, -0.2) is 13.1 Å². The van der Waals surface area contributed by atoms with E-state index >= 15 is 0 Å². The Labute approximate surface area is 116 Å². The van der Waals surface area contributed by atoms with Crippen LogP contribution >= 0.6 is 0 Å². The Kier molecular flexibility index (Phi) is 5.54. The number of nitro groups is 1. The van der Waals surface area contributed by atoms with E-state index in [-0.39, 0.29) is 11.4 Å². The van der Waals surface area contributed by atoms with Gasteiger partial charge in [0.2, 0.25) is 15.8 Å². The van der Waals surface area contributed by atoms with Crippen molar-refractivity contribution in [1.82, 2.24) is 4.72 Å². The Morgan fingerprint density at radius 1 is 1.50 bits per heavy atom. The topological polar surface area (TPSA) is 115 Å². The fourth-order valence-electron chi connectivity index (χ4n) is 1.66. The average molecular weight is 305 g/mol. The molecule has 1 aromatic rings. The van der Waals surface area contributed by atoms with Gasteiger partial charge in [0.25, 0.3) is 0 Å². The zero-order valence-corrected chi connectivity index (χ0v) is 11.7. The van der Waals surface area contributed by atoms with Crippen molar-refractivity contribution in [2.24, 2.45) is 5.73 Å². The molecule has 0 saturated heterocycles. The van der Waals surface area contributed by atoms with Crippen molar-refractivity contribution in [1.29, 1.82) is 0 Å². The van der Waals surface area contributed by atoms with E-state index < -0.39 is 32.5 Å². The molecule has 0 aromatic heterocycles. The molecule has 1 rings (SSSR count). The van der Waals surface area contributed by atoms with Crippen molar-refractivity contribution in [2.75, 3.05) is 6.54 Å². The van der Waals surface area contributed by atoms with Crippen LogP contribution in [0.4, 0.5) is 10.1 Å². The van der Waals surface area contributed by atoms with Gasteiger partial charge >= 0.3 is 5.69 Å². The second-order valence-electron chi connectivity index (χ2n) is 4.21. The molecule has 0 radical (unpaired) electrons. The number of benzene rings is 1. The second kappa shape index (κ2) is 6.73. The van der Waals surface area contributed by atoms with Gasteiger partial charge in [0.05, 0.1) is 9.82 Å². The number of hydrogen-bond acceptors (Lipinski definition) is 5. The molecule has 7 nitrogen and oxygen atoms in total. The predicted octanol–water partition coefficient (Wildman–Crippen LogP) is 1.14. The van der Waals surface area contributed by atoms with Crippen molar-refractivity contribution in [3.05, 3.63) is 34.1 Å². The maximum Gasteiger partial charge on any atom is 0.304 e. The Bertz CT molecular complexity index is 591. The SMILES string of the molecule is CCCC(CN)NS(=O)(=O)c1ccc([N+](=O)[O-])c(F)c1. The summed E-state index contributed by atoms with van der Waals surface area (Å²) in [6.45, 7) is 1.99. The summed E-state index contributed by atoms with van der Waals surface area (Å²) in [6, 6.07) is 1.98. The first-order chi connectivity index (χ1) is 9.31. The third-order valence-corrected chi connectivity index (χ3v) is 4.19. The monoisotopic (exact) mass is 305 g/mol. The number of sulfonamides is 1. The van der Waals surface area contributed by atoms with Gasteiger partial charge in [-0.15, -0.1) is 0 Å². The Morgan fingerprint density at radius 3 is 2.60 bits per heavy atom. The molecule has 0 aliphatic heterocycles. The Hall–Kier alpha value is -1.58. The first kappa shape index (κ1) is 16.5. The zero-order valence-electron chi connectivity index (χ0n) is 10.9. The highest BCUT2D eigenvalue weighted by Gasteiger charge is 2.22. The van der Waals surface area contributed by atoms with Gasteiger partial charge in [-0.1, -0.05) is 13.3 Å². The molecule has 9 heteroatoms. The molecule has 20 heavy (non-hydrogen) atoms. The standard InChI is InChI=1S/C11H16FN3O4S/c1-2-3-8(7-13)14-20(18,19)9-4-5-11(15(16)17)10(12)6-9/h4-6,8,14H,2-3,7,13H2,1H3. The van der Waals surface area contributed by atoms with Gasteiger partial charge in [0.15, 0.2) is 0 Å². The smallest absolute Gasteiger partial charge is 0.304 e. The highest BCUT2D eigenvalue weighted by molar-refractivity contribution is 7.89. The van der Waals surface area contributed by atoms with Crippen molar-refractivity contribution in [3.8, 4) is 0 Å². The molecule has 0 aliphatic carbocycles. The van der Waals surface area contributed by atoms with Gasteiger partial charge < -0.3 is 5.73 Å². The average Bonchev–Trinajstić information content (AvgIpc) is 2.37. The molecule has 0 heterocycles. The summed E-state index contributed by atoms with van der Waals surface area (Å²) in [5.74, 6) is -1.20. The summed E-state index contributed by atoms with van der Waals surface area (Å²) >= 11 is 0. The largest absolute Gasteiger partial charge is 0.329 e. The maximum atomic E-state index is 13.4. The summed E-state index contributed by atoms with van der Waals surface area (Å²) in [4.78, 5) is 9.19. The molecular weight excluding hydrogens is 289 g/mol. The van der Waals surface area contributed by atoms with Crippen LogP contribution in [0, 0.1) is 15.9 Å². The zero-order chi connectivity index (χ0) is 15.3. The number of halogens is 1. The summed E-state index contributed by atoms with van der Waals surface area (Å²) in [7, 11) is -3.95. The summed E-state index contributed by atoms with van der Waals surface area (Å²) in [5, 5.41) is 10.5. The van der Waals surface area contributed by atoms with Crippen molar-refractivity contribution in [3.63, 3.8) is 0 Å². The van der Waals surface area contributed by atoms with Gasteiger partial charge in [0, 0.05) is 24.7 Å². The van der Waals surface area contributed by atoms with E-state index in [1.165, 1.54) is 0 Å². The van der Waals surface area contributed by atoms with Gasteiger partial charge in [-0.2, -0.15) is 4.39 Å². The van der Waals surface area contributed by atoms with E-state index in [0.29, 0.717) is 12.5 Å². The van der Waals surface area contributed by atoms with Crippen molar-refractivity contribution >= 4 is 15.7 Å². The molecule has 0 bridgehead atoms. The minimum absolute atomic E-state index is 0.114. The lowest BCUT2D eigenvalue weighted by molar-refractivity contribution is -0.387. The van der Waals surface area contributed by atoms with Gasteiger partial charge in [-0.3, -0.25) is 10.1 Å². The molecular formula is C11H16FN3O4S. The van der Waals surface area contributed by atoms with Gasteiger partial charge in [0.1, 0.15) is 0 Å². The van der Waals surface area contributed by atoms with E-state index in [1.807, 2.05) is 6.92 Å². The number of hydrogen-bond donors (Lipinski definition) is 2. The number of nitro benzene ring substituents is 1. The van der Waals surface area contributed by atoms with Crippen LogP contribution in [0.3, 0.4) is 0 Å². The van der Waals surface area contributed by atoms with E-state index in [2.05, 4.69) is 4.72 Å². The molecule has 0 saturated carbocycles. The Balaban J connectivity index is 3.04. The van der Waals surface area contributed by atoms with Crippen LogP contribution in [0.1, 0.15) is 19.8 Å². The van der Waals surface area contributed by atoms with Crippen molar-refractivity contribution in [2.45, 2.75) is 30.7 Å². The molecule has 0 spiro atoms. The van der Waals surface area contributed by atoms with Crippen molar-refractivity contribution < 1.29 is 17.7 Å². The fraction of sp³-hybridized carbons (Fsp3) is 0.455. The lowest BCUT2D eigenvalue weighted by atomic mass is 10.2. The van der Waals surface area contributed by atoms with E-state index in [1.54, 1.807) is 0 Å². The predicted molar refractivity (Wildman–Crippen MR) is 71.1 cm³/mol. The summed E-state index contributed by atoms with van der Waals surface area (Å²) in [5.41, 5.74) is 4.68. The minimum atomic E-state index is -3.95. The number of nitrogens with one attached hydrogen (secondary N) is 1. The summed E-state index contributed by atoms with van der Waals surface area (Å²) in [6.07, 6.45) is 1.28. The third-order valence-electron chi connectivity index (χ3n) is 2.67. The van der Waals surface area contributed by atoms with Crippen LogP contribution in [-0.2, 0) is 10.0 Å². The van der Waals surface area contributed by atoms with E-state index in [0.717, 1.165) is 18.6 Å². The molecule has 3 N–H and O–H groups in total. The van der Waals surface area contributed by atoms with Crippen LogP contribution in [0.25, 0.3) is 0 Å². The van der Waals surface area contributed by atoms with Crippen LogP contribution < -0.4 is 10.5 Å². The molecule has 112 valence electrons. The minimum Gasteiger partial charge on any atom is -0.329 e. The van der Waals surface area contributed by atoms with E-state index in [9.17, 15) is 22.9 Å². The van der Waals surface area contributed by atoms with Crippen LogP contribution in [-0.4, -0.2) is 25.9 Å². The van der Waals surface area contributed by atoms with Gasteiger partial charge in [-0.05, 0) is 12.5 Å². The number of rotatable bonds is 7. The maximum absolute atomic E-state index is 13.4. The highest BCUT2D eigenvalue weighted by Crippen LogP contribution is 2.21. The third kappa shape index (κ3) is 3.95. The van der Waals surface area contributed by atoms with Crippen LogP contribution in [0.2, 0.25) is 0 Å². The lowest BCUT2D eigenvalue weighted by Crippen LogP contribution is -2.40. The highest BCUT2D eigenvalue weighted by atomic mass is 32.2. The number of nitrogens with zero attached hydrogens (tertiary/aromatic N) is 1. The van der Waals surface area contributed by atoms with E-state index in [4.69, 9.17) is 5.73 Å². The lowest BCUT2D eigenvalue weighted by Gasteiger charge is -2.16. The molecule has 0 amide bonds. The molecule has 0 aliphatic rings. The first-order valence-electron chi connectivity index (χ1n) is 5.98. The Morgan fingerprint density at radius 2 is 2.15 bits per heavy atom. The normalized spacial score (nSPS) is 13.2. The molecule has 1 atom stereocenters. The molecule has 0 fully saturated rings. The number of nitrogens with two attached hydrogens (primary N) is 1. The first-order valence-corrected chi connectivity index (χ1v) is 7.46.